The second-order valence-electron chi connectivity index (χ2n) is 8.02. The molecule has 7 heteroatoms. The third kappa shape index (κ3) is 6.15. The molecule has 2 heterocycles. The van der Waals surface area contributed by atoms with Crippen molar-refractivity contribution in [2.24, 2.45) is 0 Å². The number of hydrogen-bond acceptors (Lipinski definition) is 5. The maximum absolute atomic E-state index is 13.3. The average molecular weight is 463 g/mol. The van der Waals surface area contributed by atoms with Gasteiger partial charge in [0.1, 0.15) is 11.7 Å². The van der Waals surface area contributed by atoms with Crippen molar-refractivity contribution in [3.63, 3.8) is 0 Å². The molecule has 1 fully saturated rings. The maximum Gasteiger partial charge on any atom is 0.269 e. The molecule has 0 radical (unpaired) electrons. The number of benzene rings is 2. The second-order valence-corrected chi connectivity index (χ2v) is 8.96. The number of nitrogens with zero attached hydrogens (tertiary/aromatic N) is 2. The van der Waals surface area contributed by atoms with Gasteiger partial charge in [0.25, 0.3) is 5.91 Å². The summed E-state index contributed by atoms with van der Waals surface area (Å²) in [5, 5.41) is 13.6. The number of nitrogens with one attached hydrogen (secondary N) is 2. The van der Waals surface area contributed by atoms with Crippen LogP contribution in [0, 0.1) is 11.2 Å². The Labute approximate surface area is 197 Å². The third-order valence-corrected chi connectivity index (χ3v) is 6.57. The van der Waals surface area contributed by atoms with Crippen LogP contribution in [0.5, 0.6) is 0 Å². The number of amides is 1. The van der Waals surface area contributed by atoms with Crippen LogP contribution in [-0.2, 0) is 6.54 Å². The molecule has 33 heavy (non-hydrogen) atoms. The highest BCUT2D eigenvalue weighted by atomic mass is 32.1. The first-order valence-electron chi connectivity index (χ1n) is 11.0. The van der Waals surface area contributed by atoms with Gasteiger partial charge < -0.3 is 5.32 Å². The van der Waals surface area contributed by atoms with Crippen LogP contribution in [0.1, 0.15) is 28.1 Å². The minimum absolute atomic E-state index is 0.0328. The first-order valence-corrected chi connectivity index (χ1v) is 11.9. The van der Waals surface area contributed by atoms with Gasteiger partial charge in [0.05, 0.1) is 4.88 Å². The lowest BCUT2D eigenvalue weighted by Crippen LogP contribution is -2.49. The molecule has 0 saturated carbocycles. The number of likely N-dealkylation sites (tertiary alicyclic amines) is 1. The number of anilines is 1. The third-order valence-electron chi connectivity index (χ3n) is 5.72. The van der Waals surface area contributed by atoms with Crippen LogP contribution in [0.2, 0.25) is 0 Å². The Morgan fingerprint density at radius 3 is 2.48 bits per heavy atom. The monoisotopic (exact) mass is 462 g/mol. The zero-order valence-corrected chi connectivity index (χ0v) is 19.1. The van der Waals surface area contributed by atoms with Crippen LogP contribution in [0.3, 0.4) is 0 Å². The molecule has 1 aliphatic heterocycles. The minimum Gasteiger partial charge on any atom is -0.362 e. The molecule has 0 aliphatic carbocycles. The highest BCUT2D eigenvalue weighted by Crippen LogP contribution is 2.23. The highest BCUT2D eigenvalue weighted by Gasteiger charge is 2.31. The van der Waals surface area contributed by atoms with Crippen LogP contribution < -0.4 is 5.32 Å². The smallest absolute Gasteiger partial charge is 0.269 e. The first-order chi connectivity index (χ1) is 16.1. The van der Waals surface area contributed by atoms with Gasteiger partial charge in [-0.05, 0) is 60.2 Å². The summed E-state index contributed by atoms with van der Waals surface area (Å²) >= 11 is 1.39. The van der Waals surface area contributed by atoms with E-state index in [0.29, 0.717) is 10.6 Å². The van der Waals surface area contributed by atoms with E-state index in [-0.39, 0.29) is 23.6 Å². The number of halogens is 1. The average Bonchev–Trinajstić information content (AvgIpc) is 3.37. The van der Waals surface area contributed by atoms with E-state index < -0.39 is 0 Å². The number of piperidine rings is 1. The van der Waals surface area contributed by atoms with Crippen LogP contribution in [0.25, 0.3) is 0 Å². The molecule has 1 aliphatic rings. The zero-order chi connectivity index (χ0) is 23.0. The molecule has 1 aromatic heterocycles. The number of carbonyl (C=O) groups excluding carboxylic acids is 1. The fourth-order valence-electron chi connectivity index (χ4n) is 4.01. The number of amidine groups is 1. The highest BCUT2D eigenvalue weighted by molar-refractivity contribution is 7.12. The van der Waals surface area contributed by atoms with Crippen molar-refractivity contribution in [2.45, 2.75) is 25.4 Å². The van der Waals surface area contributed by atoms with E-state index in [9.17, 15) is 9.18 Å². The lowest BCUT2D eigenvalue weighted by atomic mass is 10.0. The molecule has 3 aromatic rings. The summed E-state index contributed by atoms with van der Waals surface area (Å²) in [6.45, 7) is 2.64. The number of rotatable bonds is 7. The predicted molar refractivity (Wildman–Crippen MR) is 132 cm³/mol. The molecule has 2 aromatic carbocycles. The Morgan fingerprint density at radius 2 is 1.82 bits per heavy atom. The van der Waals surface area contributed by atoms with E-state index in [1.165, 1.54) is 29.0 Å². The van der Waals surface area contributed by atoms with E-state index in [0.717, 1.165) is 32.5 Å². The van der Waals surface area contributed by atoms with Gasteiger partial charge in [0.15, 0.2) is 0 Å². The lowest BCUT2D eigenvalue weighted by Gasteiger charge is -2.38. The van der Waals surface area contributed by atoms with Gasteiger partial charge in [-0.25, -0.2) is 4.39 Å². The molecule has 5 nitrogen and oxygen atoms in total. The molecule has 0 bridgehead atoms. The predicted octanol–water partition coefficient (Wildman–Crippen LogP) is 5.60. The van der Waals surface area contributed by atoms with Crippen LogP contribution >= 0.6 is 11.3 Å². The number of carbonyl (C=O) groups is 1. The van der Waals surface area contributed by atoms with E-state index in [4.69, 9.17) is 5.41 Å². The standard InChI is InChI=1S/C26H27FN4OS/c27-21-8-10-22(11-9-21)29-15-12-25(28)31(26(32)24-7-4-18-33-24)23-13-16-30(17-14-23)19-20-5-2-1-3-6-20/h1-12,15,18,23,28-29H,13-14,16-17,19H2/b15-12-,28-25?. The fourth-order valence-corrected chi connectivity index (χ4v) is 4.67. The molecular weight excluding hydrogens is 435 g/mol. The van der Waals surface area contributed by atoms with Crippen molar-refractivity contribution in [1.82, 2.24) is 9.80 Å². The normalized spacial score (nSPS) is 14.9. The fraction of sp³-hybridized carbons (Fsp3) is 0.231. The molecule has 4 rings (SSSR count). The first kappa shape index (κ1) is 22.9. The van der Waals surface area contributed by atoms with E-state index >= 15 is 0 Å². The summed E-state index contributed by atoms with van der Waals surface area (Å²) in [6, 6.07) is 20.0. The number of thiophene rings is 1. The molecular formula is C26H27FN4OS. The summed E-state index contributed by atoms with van der Waals surface area (Å²) in [5.41, 5.74) is 2.00. The molecule has 1 saturated heterocycles. The topological polar surface area (TPSA) is 59.4 Å². The van der Waals surface area contributed by atoms with Crippen LogP contribution in [-0.4, -0.2) is 40.7 Å². The van der Waals surface area contributed by atoms with Crippen molar-refractivity contribution in [2.75, 3.05) is 18.4 Å². The summed E-state index contributed by atoms with van der Waals surface area (Å²) in [6.07, 6.45) is 4.83. The van der Waals surface area contributed by atoms with Crippen molar-refractivity contribution in [1.29, 1.82) is 5.41 Å². The second kappa shape index (κ2) is 11.0. The lowest BCUT2D eigenvalue weighted by molar-refractivity contribution is 0.0734. The van der Waals surface area contributed by atoms with E-state index in [1.54, 1.807) is 35.4 Å². The van der Waals surface area contributed by atoms with Gasteiger partial charge in [-0.15, -0.1) is 11.3 Å². The number of hydrogen-bond donors (Lipinski definition) is 2. The molecule has 1 amide bonds. The largest absolute Gasteiger partial charge is 0.362 e. The van der Waals surface area contributed by atoms with Crippen LogP contribution in [0.4, 0.5) is 10.1 Å². The van der Waals surface area contributed by atoms with Gasteiger partial charge in [-0.2, -0.15) is 0 Å². The Morgan fingerprint density at radius 1 is 1.09 bits per heavy atom. The molecule has 0 unspecified atom stereocenters. The van der Waals surface area contributed by atoms with Gasteiger partial charge >= 0.3 is 0 Å². The summed E-state index contributed by atoms with van der Waals surface area (Å²) < 4.78 is 13.1. The molecule has 2 N–H and O–H groups in total. The van der Waals surface area contributed by atoms with Gasteiger partial charge in [-0.1, -0.05) is 36.4 Å². The Balaban J connectivity index is 1.42. The molecule has 0 spiro atoms. The Kier molecular flexibility index (Phi) is 7.65. The zero-order valence-electron chi connectivity index (χ0n) is 18.3. The van der Waals surface area contributed by atoms with E-state index in [1.807, 2.05) is 17.5 Å². The van der Waals surface area contributed by atoms with Gasteiger partial charge in [-0.3, -0.25) is 20.0 Å². The van der Waals surface area contributed by atoms with Crippen molar-refractivity contribution >= 4 is 28.8 Å². The Bertz CT molecular complexity index is 1080. The summed E-state index contributed by atoms with van der Waals surface area (Å²) in [7, 11) is 0. The van der Waals surface area contributed by atoms with Crippen LogP contribution in [0.15, 0.2) is 84.4 Å². The minimum atomic E-state index is -0.302. The van der Waals surface area contributed by atoms with Crippen molar-refractivity contribution in [3.05, 3.63) is 101 Å². The SMILES string of the molecule is N=C(/C=C\Nc1ccc(F)cc1)N(C(=O)c1cccs1)C1CCN(Cc2ccccc2)CC1. The van der Waals surface area contributed by atoms with Crippen molar-refractivity contribution in [3.8, 4) is 0 Å². The van der Waals surface area contributed by atoms with Gasteiger partial charge in [0.2, 0.25) is 0 Å². The molecule has 0 atom stereocenters. The van der Waals surface area contributed by atoms with E-state index in [2.05, 4.69) is 34.5 Å². The summed E-state index contributed by atoms with van der Waals surface area (Å²) in [5.74, 6) is -0.295. The Hall–Kier alpha value is -3.29. The summed E-state index contributed by atoms with van der Waals surface area (Å²) in [4.78, 5) is 17.9. The van der Waals surface area contributed by atoms with Gasteiger partial charge in [0, 0.05) is 37.6 Å². The molecule has 170 valence electrons. The quantitative estimate of drug-likeness (QED) is 0.355. The van der Waals surface area contributed by atoms with Crippen molar-refractivity contribution < 1.29 is 9.18 Å². The maximum atomic E-state index is 13.3.